The summed E-state index contributed by atoms with van der Waals surface area (Å²) in [5, 5.41) is 6.60. The molecule has 0 aliphatic heterocycles. The van der Waals surface area contributed by atoms with Crippen molar-refractivity contribution in [3.8, 4) is 0 Å². The molecule has 0 saturated heterocycles. The molecule has 0 aliphatic carbocycles. The number of para-hydroxylation sites is 2. The van der Waals surface area contributed by atoms with Crippen molar-refractivity contribution in [1.82, 2.24) is 20.2 Å². The number of fused-ring (bicyclic) bond motifs is 1. The van der Waals surface area contributed by atoms with Gasteiger partial charge in [0, 0.05) is 20.6 Å². The van der Waals surface area contributed by atoms with Gasteiger partial charge in [-0.2, -0.15) is 0 Å². The van der Waals surface area contributed by atoms with E-state index in [1.54, 1.807) is 7.05 Å². The molecule has 2 aromatic rings. The molecule has 0 atom stereocenters. The zero-order valence-corrected chi connectivity index (χ0v) is 15.2. The second-order valence-corrected chi connectivity index (χ2v) is 4.78. The number of aryl methyl sites for hydroxylation is 1. The highest BCUT2D eigenvalue weighted by Gasteiger charge is 2.07. The summed E-state index contributed by atoms with van der Waals surface area (Å²) in [6.45, 7) is 3.78. The summed E-state index contributed by atoms with van der Waals surface area (Å²) >= 11 is 0. The smallest absolute Gasteiger partial charge is 0.191 e. The van der Waals surface area contributed by atoms with Crippen LogP contribution in [0.2, 0.25) is 0 Å². The summed E-state index contributed by atoms with van der Waals surface area (Å²) in [7, 11) is 3.83. The maximum absolute atomic E-state index is 4.63. The first-order valence-corrected chi connectivity index (χ1v) is 7.11. The lowest BCUT2D eigenvalue weighted by atomic mass is 10.3. The fraction of sp³-hybridized carbons (Fsp3) is 0.467. The molecule has 0 fully saturated rings. The van der Waals surface area contributed by atoms with Gasteiger partial charge in [-0.25, -0.2) is 4.98 Å². The summed E-state index contributed by atoms with van der Waals surface area (Å²) in [6, 6.07) is 8.16. The highest BCUT2D eigenvalue weighted by Crippen LogP contribution is 2.13. The quantitative estimate of drug-likeness (QED) is 0.351. The maximum atomic E-state index is 4.63. The number of nitrogens with zero attached hydrogens (tertiary/aromatic N) is 3. The minimum Gasteiger partial charge on any atom is -0.356 e. The predicted molar refractivity (Wildman–Crippen MR) is 99.2 cm³/mol. The van der Waals surface area contributed by atoms with E-state index in [9.17, 15) is 0 Å². The third-order valence-electron chi connectivity index (χ3n) is 3.34. The van der Waals surface area contributed by atoms with Crippen molar-refractivity contribution in [2.24, 2.45) is 12.0 Å². The Labute approximate surface area is 143 Å². The molecular weight excluding hydrogens is 377 g/mol. The lowest BCUT2D eigenvalue weighted by Gasteiger charge is -2.11. The van der Waals surface area contributed by atoms with Crippen molar-refractivity contribution in [3.63, 3.8) is 0 Å². The number of aliphatic imine (C=N–C) groups is 1. The Balaban J connectivity index is 0.00000220. The summed E-state index contributed by atoms with van der Waals surface area (Å²) in [6.07, 6.45) is 2.32. The van der Waals surface area contributed by atoms with Crippen LogP contribution in [0.15, 0.2) is 29.3 Å². The molecule has 0 radical (unpaired) electrons. The van der Waals surface area contributed by atoms with E-state index in [0.717, 1.165) is 35.8 Å². The summed E-state index contributed by atoms with van der Waals surface area (Å²) < 4.78 is 2.11. The molecule has 6 heteroatoms. The van der Waals surface area contributed by atoms with Gasteiger partial charge in [0.1, 0.15) is 5.82 Å². The number of halogens is 1. The molecule has 0 amide bonds. The molecular formula is C15H24IN5. The lowest BCUT2D eigenvalue weighted by molar-refractivity contribution is 0.708. The van der Waals surface area contributed by atoms with Crippen molar-refractivity contribution in [1.29, 1.82) is 0 Å². The summed E-state index contributed by atoms with van der Waals surface area (Å²) in [5.41, 5.74) is 2.18. The molecule has 0 aliphatic rings. The SMILES string of the molecule is CCCCNC(=NC)NCc1nc2ccccc2n1C.I. The van der Waals surface area contributed by atoms with Crippen LogP contribution in [-0.4, -0.2) is 29.1 Å². The van der Waals surface area contributed by atoms with E-state index in [2.05, 4.69) is 38.2 Å². The Morgan fingerprint density at radius 1 is 1.29 bits per heavy atom. The Morgan fingerprint density at radius 3 is 2.71 bits per heavy atom. The molecule has 1 aromatic heterocycles. The van der Waals surface area contributed by atoms with E-state index >= 15 is 0 Å². The molecule has 116 valence electrons. The predicted octanol–water partition coefficient (Wildman–Crippen LogP) is 2.66. The number of imidazole rings is 1. The number of unbranched alkanes of at least 4 members (excludes halogenated alkanes) is 1. The van der Waals surface area contributed by atoms with E-state index in [-0.39, 0.29) is 24.0 Å². The van der Waals surface area contributed by atoms with Crippen LogP contribution in [0.25, 0.3) is 11.0 Å². The molecule has 21 heavy (non-hydrogen) atoms. The van der Waals surface area contributed by atoms with Crippen molar-refractivity contribution in [2.45, 2.75) is 26.3 Å². The van der Waals surface area contributed by atoms with Gasteiger partial charge in [0.2, 0.25) is 0 Å². The first kappa shape index (κ1) is 17.7. The van der Waals surface area contributed by atoms with Crippen LogP contribution in [0, 0.1) is 0 Å². The fourth-order valence-corrected chi connectivity index (χ4v) is 2.12. The Kier molecular flexibility index (Phi) is 7.49. The van der Waals surface area contributed by atoms with Gasteiger partial charge in [0.25, 0.3) is 0 Å². The molecule has 5 nitrogen and oxygen atoms in total. The highest BCUT2D eigenvalue weighted by molar-refractivity contribution is 14.0. The van der Waals surface area contributed by atoms with Gasteiger partial charge in [-0.1, -0.05) is 25.5 Å². The average Bonchev–Trinajstić information content (AvgIpc) is 2.80. The number of hydrogen-bond acceptors (Lipinski definition) is 2. The average molecular weight is 401 g/mol. The van der Waals surface area contributed by atoms with E-state index in [4.69, 9.17) is 0 Å². The number of hydrogen-bond donors (Lipinski definition) is 2. The van der Waals surface area contributed by atoms with E-state index < -0.39 is 0 Å². The first-order chi connectivity index (χ1) is 9.76. The second-order valence-electron chi connectivity index (χ2n) is 4.78. The van der Waals surface area contributed by atoms with Gasteiger partial charge in [0.05, 0.1) is 17.6 Å². The minimum atomic E-state index is 0. The maximum Gasteiger partial charge on any atom is 0.191 e. The number of nitrogens with one attached hydrogen (secondary N) is 2. The van der Waals surface area contributed by atoms with Gasteiger partial charge in [-0.05, 0) is 18.6 Å². The molecule has 0 spiro atoms. The standard InChI is InChI=1S/C15H23N5.HI/c1-4-5-10-17-15(16-2)18-11-14-19-12-8-6-7-9-13(12)20(14)3;/h6-9H,4-5,10-11H2,1-3H3,(H2,16,17,18);1H. The zero-order chi connectivity index (χ0) is 14.4. The third kappa shape index (κ3) is 4.59. The monoisotopic (exact) mass is 401 g/mol. The van der Waals surface area contributed by atoms with Crippen molar-refractivity contribution in [3.05, 3.63) is 30.1 Å². The van der Waals surface area contributed by atoms with Crippen molar-refractivity contribution >= 4 is 41.0 Å². The molecule has 0 unspecified atom stereocenters. The van der Waals surface area contributed by atoms with Crippen LogP contribution in [-0.2, 0) is 13.6 Å². The third-order valence-corrected chi connectivity index (χ3v) is 3.34. The molecule has 1 heterocycles. The largest absolute Gasteiger partial charge is 0.356 e. The highest BCUT2D eigenvalue weighted by atomic mass is 127. The fourth-order valence-electron chi connectivity index (χ4n) is 2.12. The van der Waals surface area contributed by atoms with Crippen LogP contribution in [0.3, 0.4) is 0 Å². The van der Waals surface area contributed by atoms with Crippen LogP contribution in [0.5, 0.6) is 0 Å². The van der Waals surface area contributed by atoms with Crippen LogP contribution in [0.1, 0.15) is 25.6 Å². The minimum absolute atomic E-state index is 0. The lowest BCUT2D eigenvalue weighted by Crippen LogP contribution is -2.37. The summed E-state index contributed by atoms with van der Waals surface area (Å²) in [5.74, 6) is 1.83. The van der Waals surface area contributed by atoms with Crippen LogP contribution in [0.4, 0.5) is 0 Å². The Morgan fingerprint density at radius 2 is 2.05 bits per heavy atom. The van der Waals surface area contributed by atoms with Gasteiger partial charge >= 0.3 is 0 Å². The molecule has 0 saturated carbocycles. The number of guanidine groups is 1. The van der Waals surface area contributed by atoms with Crippen LogP contribution < -0.4 is 10.6 Å². The number of aromatic nitrogens is 2. The van der Waals surface area contributed by atoms with Gasteiger partial charge in [-0.15, -0.1) is 24.0 Å². The molecule has 0 bridgehead atoms. The van der Waals surface area contributed by atoms with Gasteiger partial charge < -0.3 is 15.2 Å². The number of benzene rings is 1. The topological polar surface area (TPSA) is 54.2 Å². The number of rotatable bonds is 5. The van der Waals surface area contributed by atoms with Gasteiger partial charge in [0.15, 0.2) is 5.96 Å². The van der Waals surface area contributed by atoms with Crippen molar-refractivity contribution < 1.29 is 0 Å². The second kappa shape index (κ2) is 8.86. The van der Waals surface area contributed by atoms with E-state index in [0.29, 0.717) is 6.54 Å². The van der Waals surface area contributed by atoms with Crippen molar-refractivity contribution in [2.75, 3.05) is 13.6 Å². The molecule has 1 aromatic carbocycles. The zero-order valence-electron chi connectivity index (χ0n) is 12.9. The Hall–Kier alpha value is -1.31. The molecule has 2 rings (SSSR count). The first-order valence-electron chi connectivity index (χ1n) is 7.11. The summed E-state index contributed by atoms with van der Waals surface area (Å²) in [4.78, 5) is 8.85. The molecule has 2 N–H and O–H groups in total. The normalized spacial score (nSPS) is 11.3. The van der Waals surface area contributed by atoms with Gasteiger partial charge in [-0.3, -0.25) is 4.99 Å². The van der Waals surface area contributed by atoms with E-state index in [1.165, 1.54) is 6.42 Å². The Bertz CT molecular complexity index is 591. The van der Waals surface area contributed by atoms with E-state index in [1.807, 2.05) is 25.2 Å². The van der Waals surface area contributed by atoms with Crippen LogP contribution >= 0.6 is 24.0 Å².